The van der Waals surface area contributed by atoms with Crippen molar-refractivity contribution in [1.29, 1.82) is 0 Å². The van der Waals surface area contributed by atoms with Crippen LogP contribution in [0.5, 0.6) is 0 Å². The maximum atomic E-state index is 2.70. The number of hydrogen-bond acceptors (Lipinski definition) is 3. The smallest absolute Gasteiger partial charge is 0.333 e. The maximum Gasteiger partial charge on any atom is 0.333 e. The zero-order valence-corrected chi connectivity index (χ0v) is 29.5. The largest absolute Gasteiger partial charge is 0.377 e. The van der Waals surface area contributed by atoms with E-state index in [1.165, 1.54) is 60.7 Å². The summed E-state index contributed by atoms with van der Waals surface area (Å²) in [6.07, 6.45) is 0. The molecule has 5 heteroatoms. The number of anilines is 8. The Morgan fingerprint density at radius 2 is 1.16 bits per heavy atom. The molecule has 7 aromatic rings. The molecule has 0 bridgehead atoms. The third kappa shape index (κ3) is 4.10. The van der Waals surface area contributed by atoms with Crippen molar-refractivity contribution >= 4 is 81.7 Å². The van der Waals surface area contributed by atoms with E-state index in [4.69, 9.17) is 0 Å². The minimum absolute atomic E-state index is 0.0198. The number of hydrogen-bond donors (Lipinski definition) is 0. The van der Waals surface area contributed by atoms with Crippen LogP contribution in [0.15, 0.2) is 164 Å². The molecule has 0 N–H and O–H groups in total. The van der Waals surface area contributed by atoms with Gasteiger partial charge in [0, 0.05) is 51.1 Å². The first-order valence-corrected chi connectivity index (χ1v) is 20.6. The highest BCUT2D eigenvalue weighted by atomic mass is 28.3. The molecule has 0 saturated heterocycles. The highest BCUT2D eigenvalue weighted by molar-refractivity contribution is 7.05. The number of fused-ring (bicyclic) bond motifs is 6. The number of nitrogens with zero attached hydrogens (tertiary/aromatic N) is 3. The molecular weight excluding hydrogens is 621 g/mol. The van der Waals surface area contributed by atoms with Crippen LogP contribution >= 0.6 is 0 Å². The van der Waals surface area contributed by atoms with E-state index in [0.29, 0.717) is 0 Å². The molecule has 0 atom stereocenters. The quantitative estimate of drug-likeness (QED) is 0.175. The lowest BCUT2D eigenvalue weighted by Crippen LogP contribution is -2.68. The van der Waals surface area contributed by atoms with E-state index in [2.05, 4.69) is 198 Å². The van der Waals surface area contributed by atoms with E-state index in [1.54, 1.807) is 0 Å². The number of aryl methyl sites for hydroxylation is 1. The first kappa shape index (κ1) is 29.2. The summed E-state index contributed by atoms with van der Waals surface area (Å²) in [4.78, 5) is 7.59. The molecule has 50 heavy (non-hydrogen) atoms. The zero-order valence-electron chi connectivity index (χ0n) is 28.5. The van der Waals surface area contributed by atoms with Crippen LogP contribution < -0.4 is 35.9 Å². The molecule has 7 aromatic carbocycles. The van der Waals surface area contributed by atoms with Crippen LogP contribution in [0.25, 0.3) is 11.1 Å². The van der Waals surface area contributed by atoms with Gasteiger partial charge in [-0.05, 0) is 100 Å². The van der Waals surface area contributed by atoms with Crippen LogP contribution in [-0.2, 0) is 0 Å². The SMILES string of the molecule is Cc1cc2c3c(c1)N(c1ccccc1)c1cc(N(c4ccccc4)c4ccccc4)ccc1B3N1c3ccccc3[Si](C)(C)c3cccc-2c31. The van der Waals surface area contributed by atoms with Crippen molar-refractivity contribution in [3.63, 3.8) is 0 Å². The van der Waals surface area contributed by atoms with Gasteiger partial charge < -0.3 is 14.6 Å². The highest BCUT2D eigenvalue weighted by Crippen LogP contribution is 2.49. The van der Waals surface area contributed by atoms with Crippen molar-refractivity contribution in [2.75, 3.05) is 14.6 Å². The summed E-state index contributed by atoms with van der Waals surface area (Å²) in [5.41, 5.74) is 16.4. The van der Waals surface area contributed by atoms with Crippen LogP contribution in [-0.4, -0.2) is 14.9 Å². The predicted octanol–water partition coefficient (Wildman–Crippen LogP) is 9.31. The monoisotopic (exact) mass is 657 g/mol. The Hall–Kier alpha value is -5.78. The summed E-state index contributed by atoms with van der Waals surface area (Å²) in [5.74, 6) is 0. The van der Waals surface area contributed by atoms with Crippen molar-refractivity contribution in [1.82, 2.24) is 0 Å². The van der Waals surface area contributed by atoms with E-state index in [0.717, 1.165) is 22.7 Å². The van der Waals surface area contributed by atoms with Crippen molar-refractivity contribution < 1.29 is 0 Å². The molecule has 0 aliphatic carbocycles. The van der Waals surface area contributed by atoms with Crippen LogP contribution in [0.2, 0.25) is 13.1 Å². The average molecular weight is 658 g/mol. The second-order valence-electron chi connectivity index (χ2n) is 14.3. The van der Waals surface area contributed by atoms with Gasteiger partial charge >= 0.3 is 6.85 Å². The van der Waals surface area contributed by atoms with Gasteiger partial charge in [0.1, 0.15) is 8.07 Å². The topological polar surface area (TPSA) is 9.72 Å². The van der Waals surface area contributed by atoms with Gasteiger partial charge in [-0.2, -0.15) is 0 Å². The third-order valence-electron chi connectivity index (χ3n) is 11.0. The fraction of sp³-hybridized carbons (Fsp3) is 0.0667. The third-order valence-corrected chi connectivity index (χ3v) is 14.5. The summed E-state index contributed by atoms with van der Waals surface area (Å²) in [7, 11) is -1.98. The Morgan fingerprint density at radius 3 is 1.88 bits per heavy atom. The molecular formula is C45H36BN3Si. The molecule has 3 aliphatic heterocycles. The van der Waals surface area contributed by atoms with E-state index in [-0.39, 0.29) is 6.85 Å². The molecule has 0 aromatic heterocycles. The molecule has 0 unspecified atom stereocenters. The van der Waals surface area contributed by atoms with E-state index < -0.39 is 8.07 Å². The standard InChI is InChI=1S/C45H36BN3Si/c1-31-28-37-36-22-15-25-43-45(36)49(39-23-13-14-24-42(39)50(43,2)3)46-38-27-26-35(47(32-16-7-4-8-17-32)33-18-9-5-10-19-33)30-40(38)48(41(29-31)44(37)46)34-20-11-6-12-21-34/h4-30H,1-3H3. The maximum absolute atomic E-state index is 2.70. The fourth-order valence-electron chi connectivity index (χ4n) is 8.85. The Kier molecular flexibility index (Phi) is 6.34. The lowest BCUT2D eigenvalue weighted by molar-refractivity contribution is 1.24. The molecule has 0 saturated carbocycles. The van der Waals surface area contributed by atoms with Crippen molar-refractivity contribution in [2.24, 2.45) is 0 Å². The van der Waals surface area contributed by atoms with Crippen LogP contribution in [0.3, 0.4) is 0 Å². The van der Waals surface area contributed by atoms with Gasteiger partial charge in [-0.3, -0.25) is 0 Å². The van der Waals surface area contributed by atoms with Crippen molar-refractivity contribution in [3.05, 3.63) is 169 Å². The van der Waals surface area contributed by atoms with Crippen LogP contribution in [0, 0.1) is 6.92 Å². The summed E-state index contributed by atoms with van der Waals surface area (Å²) >= 11 is 0. The van der Waals surface area contributed by atoms with Crippen LogP contribution in [0.1, 0.15) is 5.56 Å². The van der Waals surface area contributed by atoms with Gasteiger partial charge in [0.25, 0.3) is 0 Å². The Labute approximate surface area is 295 Å². The summed E-state index contributed by atoms with van der Waals surface area (Å²) < 4.78 is 0. The average Bonchev–Trinajstić information content (AvgIpc) is 3.15. The van der Waals surface area contributed by atoms with Crippen molar-refractivity contribution in [3.8, 4) is 11.1 Å². The van der Waals surface area contributed by atoms with Gasteiger partial charge in [0.2, 0.25) is 0 Å². The molecule has 0 fully saturated rings. The van der Waals surface area contributed by atoms with E-state index in [1.807, 2.05) is 0 Å². The minimum atomic E-state index is -1.98. The molecule has 0 amide bonds. The summed E-state index contributed by atoms with van der Waals surface area (Å²) in [6, 6.07) is 60.6. The first-order chi connectivity index (χ1) is 24.5. The fourth-order valence-corrected chi connectivity index (χ4v) is 11.9. The number of para-hydroxylation sites is 5. The number of benzene rings is 7. The van der Waals surface area contributed by atoms with Gasteiger partial charge in [0.15, 0.2) is 0 Å². The minimum Gasteiger partial charge on any atom is -0.377 e. The van der Waals surface area contributed by atoms with E-state index in [9.17, 15) is 0 Å². The Morgan fingerprint density at radius 1 is 0.520 bits per heavy atom. The Balaban J connectivity index is 1.30. The van der Waals surface area contributed by atoms with E-state index >= 15 is 0 Å². The van der Waals surface area contributed by atoms with Gasteiger partial charge in [0.05, 0.1) is 0 Å². The molecule has 3 aliphatic rings. The zero-order chi connectivity index (χ0) is 33.6. The lowest BCUT2D eigenvalue weighted by atomic mass is 9.43. The summed E-state index contributed by atoms with van der Waals surface area (Å²) in [6.45, 7) is 7.32. The second kappa shape index (κ2) is 10.9. The normalized spacial score (nSPS) is 14.3. The first-order valence-electron chi connectivity index (χ1n) is 17.6. The van der Waals surface area contributed by atoms with Crippen molar-refractivity contribution in [2.45, 2.75) is 20.0 Å². The molecule has 3 nitrogen and oxygen atoms in total. The predicted molar refractivity (Wildman–Crippen MR) is 216 cm³/mol. The molecule has 10 rings (SSSR count). The lowest BCUT2D eigenvalue weighted by Gasteiger charge is -2.51. The molecule has 0 radical (unpaired) electrons. The van der Waals surface area contributed by atoms with Gasteiger partial charge in [-0.1, -0.05) is 116 Å². The van der Waals surface area contributed by atoms with Gasteiger partial charge in [-0.25, -0.2) is 0 Å². The Bertz CT molecular complexity index is 2410. The second-order valence-corrected chi connectivity index (χ2v) is 18.6. The highest BCUT2D eigenvalue weighted by Gasteiger charge is 2.50. The summed E-state index contributed by atoms with van der Waals surface area (Å²) in [5, 5.41) is 3.02. The van der Waals surface area contributed by atoms with Crippen LogP contribution in [0.4, 0.5) is 45.5 Å². The molecule has 238 valence electrons. The molecule has 0 spiro atoms. The number of rotatable bonds is 4. The van der Waals surface area contributed by atoms with Gasteiger partial charge in [-0.15, -0.1) is 0 Å². The molecule has 3 heterocycles.